The Balaban J connectivity index is 1.27. The third kappa shape index (κ3) is 4.52. The molecule has 0 radical (unpaired) electrons. The molecule has 34 heavy (non-hydrogen) atoms. The highest BCUT2D eigenvalue weighted by Gasteiger charge is 2.20. The number of aromatic hydroxyl groups is 1. The Labute approximate surface area is 198 Å². The van der Waals surface area contributed by atoms with Crippen LogP contribution in [0.1, 0.15) is 30.3 Å². The lowest BCUT2D eigenvalue weighted by molar-refractivity contribution is 0.133. The van der Waals surface area contributed by atoms with Crippen molar-refractivity contribution in [1.29, 1.82) is 0 Å². The molecule has 0 aliphatic carbocycles. The second-order valence-electron chi connectivity index (χ2n) is 8.62. The smallest absolute Gasteiger partial charge is 0.206 e. The number of rotatable bonds is 7. The summed E-state index contributed by atoms with van der Waals surface area (Å²) in [5, 5.41) is 23.9. The van der Waals surface area contributed by atoms with E-state index < -0.39 is 16.1 Å². The number of aliphatic hydroxyl groups excluding tert-OH is 1. The molecule has 3 aromatic carbocycles. The van der Waals surface area contributed by atoms with Crippen LogP contribution in [-0.4, -0.2) is 36.7 Å². The average Bonchev–Trinajstić information content (AvgIpc) is 3.53. The van der Waals surface area contributed by atoms with Gasteiger partial charge in [0.1, 0.15) is 12.0 Å². The fraction of sp³-hybridized carbons (Fsp3) is 0.231. The molecule has 7 nitrogen and oxygen atoms in total. The summed E-state index contributed by atoms with van der Waals surface area (Å²) in [4.78, 5) is 5.88. The van der Waals surface area contributed by atoms with Gasteiger partial charge in [0.25, 0.3) is 0 Å². The number of phenols is 1. The molecule has 5 rings (SSSR count). The van der Waals surface area contributed by atoms with Crippen LogP contribution >= 0.6 is 0 Å². The maximum atomic E-state index is 13.2. The van der Waals surface area contributed by atoms with Crippen LogP contribution in [0.5, 0.6) is 5.75 Å². The van der Waals surface area contributed by atoms with Crippen LogP contribution in [0.15, 0.2) is 82.6 Å². The largest absolute Gasteiger partial charge is 0.508 e. The van der Waals surface area contributed by atoms with Crippen molar-refractivity contribution in [2.75, 3.05) is 18.0 Å². The molecule has 1 fully saturated rings. The van der Waals surface area contributed by atoms with E-state index in [4.69, 9.17) is 0 Å². The number of anilines is 1. The molecule has 4 aromatic rings. The van der Waals surface area contributed by atoms with Crippen molar-refractivity contribution in [1.82, 2.24) is 10.3 Å². The predicted octanol–water partition coefficient (Wildman–Crippen LogP) is 4.09. The Bertz CT molecular complexity index is 1410. The lowest BCUT2D eigenvalue weighted by Gasteiger charge is -2.18. The first kappa shape index (κ1) is 22.5. The van der Waals surface area contributed by atoms with Gasteiger partial charge in [-0.2, -0.15) is 0 Å². The number of aliphatic hydroxyl groups is 1. The van der Waals surface area contributed by atoms with Crippen LogP contribution in [0.3, 0.4) is 0 Å². The SMILES string of the molecule is O=S(=O)(c1ccc(CNC(O)c2cc3cc(O)ccc3[nH]2)cc1)c1cccc(N2CCCC2)c1. The van der Waals surface area contributed by atoms with E-state index in [2.05, 4.69) is 15.2 Å². The second kappa shape index (κ2) is 9.13. The number of phenolic OH excluding ortho intramolecular Hbond substituents is 1. The zero-order valence-electron chi connectivity index (χ0n) is 18.6. The van der Waals surface area contributed by atoms with E-state index in [0.717, 1.165) is 48.1 Å². The number of hydrogen-bond acceptors (Lipinski definition) is 6. The van der Waals surface area contributed by atoms with E-state index in [0.29, 0.717) is 17.1 Å². The van der Waals surface area contributed by atoms with Gasteiger partial charge in [-0.25, -0.2) is 8.42 Å². The summed E-state index contributed by atoms with van der Waals surface area (Å²) in [6.07, 6.45) is 1.32. The van der Waals surface area contributed by atoms with Gasteiger partial charge in [-0.3, -0.25) is 5.32 Å². The molecule has 8 heteroatoms. The molecule has 1 aromatic heterocycles. The number of sulfone groups is 1. The molecule has 176 valence electrons. The van der Waals surface area contributed by atoms with Gasteiger partial charge in [-0.1, -0.05) is 18.2 Å². The minimum atomic E-state index is -3.62. The molecule has 4 N–H and O–H groups in total. The molecule has 2 heterocycles. The van der Waals surface area contributed by atoms with Crippen LogP contribution in [0.2, 0.25) is 0 Å². The first-order valence-electron chi connectivity index (χ1n) is 11.3. The normalized spacial score (nSPS) is 15.1. The van der Waals surface area contributed by atoms with E-state index in [1.54, 1.807) is 66.7 Å². The molecule has 1 saturated heterocycles. The van der Waals surface area contributed by atoms with Gasteiger partial charge in [0.15, 0.2) is 0 Å². The van der Waals surface area contributed by atoms with E-state index in [1.165, 1.54) is 0 Å². The van der Waals surface area contributed by atoms with Crippen molar-refractivity contribution >= 4 is 26.4 Å². The molecular weight excluding hydrogens is 450 g/mol. The summed E-state index contributed by atoms with van der Waals surface area (Å²) < 4.78 is 26.4. The lowest BCUT2D eigenvalue weighted by atomic mass is 10.2. The zero-order chi connectivity index (χ0) is 23.7. The molecule has 1 aliphatic heterocycles. The second-order valence-corrected chi connectivity index (χ2v) is 10.6. The summed E-state index contributed by atoms with van der Waals surface area (Å²) in [7, 11) is -3.62. The van der Waals surface area contributed by atoms with Crippen molar-refractivity contribution in [2.45, 2.75) is 35.4 Å². The summed E-state index contributed by atoms with van der Waals surface area (Å²) >= 11 is 0. The van der Waals surface area contributed by atoms with Gasteiger partial charge < -0.3 is 20.1 Å². The van der Waals surface area contributed by atoms with Gasteiger partial charge in [0.2, 0.25) is 9.84 Å². The van der Waals surface area contributed by atoms with Gasteiger partial charge in [0, 0.05) is 36.2 Å². The number of aromatic amines is 1. The first-order chi connectivity index (χ1) is 16.4. The van der Waals surface area contributed by atoms with Crippen molar-refractivity contribution in [3.05, 3.63) is 84.1 Å². The molecule has 1 unspecified atom stereocenters. The van der Waals surface area contributed by atoms with Gasteiger partial charge in [-0.15, -0.1) is 0 Å². The maximum absolute atomic E-state index is 13.2. The number of hydrogen-bond donors (Lipinski definition) is 4. The fourth-order valence-corrected chi connectivity index (χ4v) is 5.66. The number of nitrogens with one attached hydrogen (secondary N) is 2. The van der Waals surface area contributed by atoms with Crippen LogP contribution < -0.4 is 10.2 Å². The van der Waals surface area contributed by atoms with Crippen LogP contribution in [0, 0.1) is 0 Å². The predicted molar refractivity (Wildman–Crippen MR) is 132 cm³/mol. The molecule has 0 spiro atoms. The maximum Gasteiger partial charge on any atom is 0.206 e. The van der Waals surface area contributed by atoms with Gasteiger partial charge in [-0.05, 0) is 73.0 Å². The van der Waals surface area contributed by atoms with E-state index >= 15 is 0 Å². The van der Waals surface area contributed by atoms with E-state index in [9.17, 15) is 18.6 Å². The highest BCUT2D eigenvalue weighted by Crippen LogP contribution is 2.27. The van der Waals surface area contributed by atoms with Crippen molar-refractivity contribution in [2.24, 2.45) is 0 Å². The summed E-state index contributed by atoms with van der Waals surface area (Å²) in [6, 6.07) is 20.6. The standard InChI is InChI=1S/C26H27N3O4S/c30-21-8-11-24-19(14-21)15-25(28-24)26(31)27-17-18-6-9-22(10-7-18)34(32,33)23-5-3-4-20(16-23)29-12-1-2-13-29/h3-11,14-16,26-28,30-31H,1-2,12-13,17H2. The molecule has 0 amide bonds. The topological polar surface area (TPSA) is 106 Å². The molecule has 0 bridgehead atoms. The number of fused-ring (bicyclic) bond motifs is 1. The molecule has 0 saturated carbocycles. The summed E-state index contributed by atoms with van der Waals surface area (Å²) in [5.74, 6) is 0.165. The van der Waals surface area contributed by atoms with Crippen LogP contribution in [0.25, 0.3) is 10.9 Å². The highest BCUT2D eigenvalue weighted by atomic mass is 32.2. The van der Waals surface area contributed by atoms with E-state index in [-0.39, 0.29) is 10.6 Å². The third-order valence-corrected chi connectivity index (χ3v) is 8.02. The minimum Gasteiger partial charge on any atom is -0.508 e. The van der Waals surface area contributed by atoms with Crippen molar-refractivity contribution in [3.63, 3.8) is 0 Å². The summed E-state index contributed by atoms with van der Waals surface area (Å²) in [6.45, 7) is 2.27. The first-order valence-corrected chi connectivity index (χ1v) is 12.8. The van der Waals surface area contributed by atoms with E-state index in [1.807, 2.05) is 6.07 Å². The fourth-order valence-electron chi connectivity index (χ4n) is 4.36. The monoisotopic (exact) mass is 477 g/mol. The molecular formula is C26H27N3O4S. The number of nitrogens with zero attached hydrogens (tertiary/aromatic N) is 1. The Morgan fingerprint density at radius 1 is 0.941 bits per heavy atom. The van der Waals surface area contributed by atoms with Crippen LogP contribution in [0.4, 0.5) is 5.69 Å². The highest BCUT2D eigenvalue weighted by molar-refractivity contribution is 7.91. The minimum absolute atomic E-state index is 0.165. The Morgan fingerprint density at radius 2 is 1.71 bits per heavy atom. The van der Waals surface area contributed by atoms with Crippen molar-refractivity contribution in [3.8, 4) is 5.75 Å². The third-order valence-electron chi connectivity index (χ3n) is 6.25. The number of aromatic nitrogens is 1. The quantitative estimate of drug-likeness (QED) is 0.299. The Kier molecular flexibility index (Phi) is 6.03. The average molecular weight is 478 g/mol. The van der Waals surface area contributed by atoms with Gasteiger partial charge in [0.05, 0.1) is 15.5 Å². The Hall–Kier alpha value is -3.33. The van der Waals surface area contributed by atoms with Gasteiger partial charge >= 0.3 is 0 Å². The summed E-state index contributed by atoms with van der Waals surface area (Å²) in [5.41, 5.74) is 3.19. The lowest BCUT2D eigenvalue weighted by Crippen LogP contribution is -2.20. The zero-order valence-corrected chi connectivity index (χ0v) is 19.4. The number of benzene rings is 3. The number of H-pyrrole nitrogens is 1. The molecule has 1 atom stereocenters. The molecule has 1 aliphatic rings. The Morgan fingerprint density at radius 3 is 2.47 bits per heavy atom. The van der Waals surface area contributed by atoms with Crippen LogP contribution in [-0.2, 0) is 16.4 Å². The van der Waals surface area contributed by atoms with Crippen molar-refractivity contribution < 1.29 is 18.6 Å².